The van der Waals surface area contributed by atoms with Crippen LogP contribution in [0.15, 0.2) is 54.6 Å². The second-order valence-electron chi connectivity index (χ2n) is 6.24. The zero-order valence-electron chi connectivity index (χ0n) is 12.2. The lowest BCUT2D eigenvalue weighted by Gasteiger charge is -2.30. The van der Waals surface area contributed by atoms with E-state index in [-0.39, 0.29) is 5.41 Å². The maximum atomic E-state index is 10.2. The molecule has 0 aliphatic rings. The maximum absolute atomic E-state index is 10.2. The van der Waals surface area contributed by atoms with Crippen LogP contribution in [0, 0.1) is 5.41 Å². The topological polar surface area (TPSA) is 40.5 Å². The lowest BCUT2D eigenvalue weighted by Crippen LogP contribution is -2.32. The van der Waals surface area contributed by atoms with Gasteiger partial charge in [0.15, 0.2) is 0 Å². The quantitative estimate of drug-likeness (QED) is 0.890. The SMILES string of the molecule is CC(C)(C)C(O)C(O)c1ccc(-c2ccccc2)cc1. The van der Waals surface area contributed by atoms with Crippen LogP contribution < -0.4 is 0 Å². The van der Waals surface area contributed by atoms with E-state index in [1.54, 1.807) is 0 Å². The predicted octanol–water partition coefficient (Wildman–Crippen LogP) is 3.79. The number of aliphatic hydroxyl groups excluding tert-OH is 2. The van der Waals surface area contributed by atoms with Gasteiger partial charge in [0.25, 0.3) is 0 Å². The lowest BCUT2D eigenvalue weighted by molar-refractivity contribution is -0.0458. The minimum Gasteiger partial charge on any atom is -0.390 e. The summed E-state index contributed by atoms with van der Waals surface area (Å²) in [5, 5.41) is 20.4. The molecule has 0 amide bonds. The van der Waals surface area contributed by atoms with Gasteiger partial charge in [-0.3, -0.25) is 0 Å². The van der Waals surface area contributed by atoms with Crippen molar-refractivity contribution in [2.24, 2.45) is 5.41 Å². The second kappa shape index (κ2) is 5.78. The average molecular weight is 270 g/mol. The van der Waals surface area contributed by atoms with E-state index in [0.717, 1.165) is 16.7 Å². The molecule has 20 heavy (non-hydrogen) atoms. The van der Waals surface area contributed by atoms with Gasteiger partial charge in [-0.25, -0.2) is 0 Å². The Morgan fingerprint density at radius 2 is 1.25 bits per heavy atom. The van der Waals surface area contributed by atoms with Gasteiger partial charge in [-0.15, -0.1) is 0 Å². The van der Waals surface area contributed by atoms with Crippen LogP contribution in [0.3, 0.4) is 0 Å². The highest BCUT2D eigenvalue weighted by Crippen LogP contribution is 2.31. The first kappa shape index (κ1) is 14.8. The first-order valence-corrected chi connectivity index (χ1v) is 6.91. The molecule has 0 radical (unpaired) electrons. The van der Waals surface area contributed by atoms with Crippen molar-refractivity contribution in [1.29, 1.82) is 0 Å². The van der Waals surface area contributed by atoms with Crippen LogP contribution in [0.1, 0.15) is 32.4 Å². The van der Waals surface area contributed by atoms with Gasteiger partial charge in [0.05, 0.1) is 6.10 Å². The molecule has 2 unspecified atom stereocenters. The molecule has 0 saturated heterocycles. The number of aliphatic hydroxyl groups is 2. The Kier molecular flexibility index (Phi) is 4.26. The molecule has 106 valence electrons. The summed E-state index contributed by atoms with van der Waals surface area (Å²) < 4.78 is 0. The van der Waals surface area contributed by atoms with E-state index in [1.807, 2.05) is 63.2 Å². The predicted molar refractivity (Wildman–Crippen MR) is 82.3 cm³/mol. The fourth-order valence-electron chi connectivity index (χ4n) is 2.16. The van der Waals surface area contributed by atoms with Crippen molar-refractivity contribution < 1.29 is 10.2 Å². The van der Waals surface area contributed by atoms with Gasteiger partial charge < -0.3 is 10.2 Å². The third kappa shape index (κ3) is 3.27. The minimum absolute atomic E-state index is 0.350. The number of rotatable bonds is 3. The maximum Gasteiger partial charge on any atom is 0.105 e. The van der Waals surface area contributed by atoms with E-state index in [0.29, 0.717) is 0 Å². The normalized spacial score (nSPS) is 14.8. The molecule has 0 heterocycles. The molecular weight excluding hydrogens is 248 g/mol. The fourth-order valence-corrected chi connectivity index (χ4v) is 2.16. The molecule has 2 N–H and O–H groups in total. The van der Waals surface area contributed by atoms with E-state index in [2.05, 4.69) is 12.1 Å². The summed E-state index contributed by atoms with van der Waals surface area (Å²) in [7, 11) is 0. The molecule has 0 aliphatic carbocycles. The standard InChI is InChI=1S/C18H22O2/c1-18(2,3)17(20)16(19)15-11-9-14(10-12-15)13-7-5-4-6-8-13/h4-12,16-17,19-20H,1-3H3. The summed E-state index contributed by atoms with van der Waals surface area (Å²) in [6, 6.07) is 17.8. The van der Waals surface area contributed by atoms with Crippen LogP contribution in [0.25, 0.3) is 11.1 Å². The van der Waals surface area contributed by atoms with Crippen molar-refractivity contribution in [2.45, 2.75) is 33.0 Å². The van der Waals surface area contributed by atoms with Gasteiger partial charge in [0, 0.05) is 0 Å². The average Bonchev–Trinajstić information content (AvgIpc) is 2.46. The monoisotopic (exact) mass is 270 g/mol. The third-order valence-corrected chi connectivity index (χ3v) is 3.55. The molecule has 0 aliphatic heterocycles. The van der Waals surface area contributed by atoms with Crippen LogP contribution in [-0.2, 0) is 0 Å². The molecule has 2 heteroatoms. The highest BCUT2D eigenvalue weighted by Gasteiger charge is 2.29. The van der Waals surface area contributed by atoms with Crippen LogP contribution in [-0.4, -0.2) is 16.3 Å². The number of benzene rings is 2. The molecule has 2 rings (SSSR count). The molecule has 2 atom stereocenters. The van der Waals surface area contributed by atoms with E-state index < -0.39 is 12.2 Å². The van der Waals surface area contributed by atoms with Crippen molar-refractivity contribution in [3.05, 3.63) is 60.2 Å². The number of hydrogen-bond acceptors (Lipinski definition) is 2. The Labute approximate surface area is 120 Å². The van der Waals surface area contributed by atoms with Crippen molar-refractivity contribution in [3.8, 4) is 11.1 Å². The highest BCUT2D eigenvalue weighted by atomic mass is 16.3. The molecule has 0 fully saturated rings. The summed E-state index contributed by atoms with van der Waals surface area (Å²) in [6.07, 6.45) is -1.65. The van der Waals surface area contributed by atoms with Gasteiger partial charge in [-0.2, -0.15) is 0 Å². The van der Waals surface area contributed by atoms with Crippen molar-refractivity contribution >= 4 is 0 Å². The molecular formula is C18H22O2. The van der Waals surface area contributed by atoms with E-state index in [1.165, 1.54) is 0 Å². The summed E-state index contributed by atoms with van der Waals surface area (Å²) in [6.45, 7) is 5.75. The second-order valence-corrected chi connectivity index (χ2v) is 6.24. The first-order chi connectivity index (χ1) is 9.39. The smallest absolute Gasteiger partial charge is 0.105 e. The summed E-state index contributed by atoms with van der Waals surface area (Å²) in [5.74, 6) is 0. The largest absolute Gasteiger partial charge is 0.390 e. The van der Waals surface area contributed by atoms with E-state index >= 15 is 0 Å². The van der Waals surface area contributed by atoms with Crippen LogP contribution >= 0.6 is 0 Å². The van der Waals surface area contributed by atoms with Crippen molar-refractivity contribution in [3.63, 3.8) is 0 Å². The Morgan fingerprint density at radius 3 is 1.75 bits per heavy atom. The zero-order chi connectivity index (χ0) is 14.8. The fraction of sp³-hybridized carbons (Fsp3) is 0.333. The summed E-state index contributed by atoms with van der Waals surface area (Å²) in [4.78, 5) is 0. The first-order valence-electron chi connectivity index (χ1n) is 6.91. The van der Waals surface area contributed by atoms with Gasteiger partial charge in [0.2, 0.25) is 0 Å². The van der Waals surface area contributed by atoms with Crippen LogP contribution in [0.5, 0.6) is 0 Å². The zero-order valence-corrected chi connectivity index (χ0v) is 12.2. The Balaban J connectivity index is 2.21. The molecule has 2 nitrogen and oxygen atoms in total. The van der Waals surface area contributed by atoms with Gasteiger partial charge in [-0.1, -0.05) is 75.4 Å². The molecule has 0 spiro atoms. The lowest BCUT2D eigenvalue weighted by atomic mass is 9.83. The molecule has 0 aromatic heterocycles. The minimum atomic E-state index is -0.861. The summed E-state index contributed by atoms with van der Waals surface area (Å²) >= 11 is 0. The Morgan fingerprint density at radius 1 is 0.750 bits per heavy atom. The molecule has 2 aromatic rings. The Hall–Kier alpha value is -1.64. The van der Waals surface area contributed by atoms with Gasteiger partial charge >= 0.3 is 0 Å². The van der Waals surface area contributed by atoms with Gasteiger partial charge in [0.1, 0.15) is 6.10 Å². The molecule has 0 saturated carbocycles. The van der Waals surface area contributed by atoms with Gasteiger partial charge in [-0.05, 0) is 22.1 Å². The molecule has 2 aromatic carbocycles. The molecule has 0 bridgehead atoms. The highest BCUT2D eigenvalue weighted by molar-refractivity contribution is 5.63. The third-order valence-electron chi connectivity index (χ3n) is 3.55. The van der Waals surface area contributed by atoms with Crippen molar-refractivity contribution in [2.75, 3.05) is 0 Å². The van der Waals surface area contributed by atoms with Crippen molar-refractivity contribution in [1.82, 2.24) is 0 Å². The van der Waals surface area contributed by atoms with Crippen LogP contribution in [0.4, 0.5) is 0 Å². The van der Waals surface area contributed by atoms with E-state index in [9.17, 15) is 10.2 Å². The van der Waals surface area contributed by atoms with E-state index in [4.69, 9.17) is 0 Å². The summed E-state index contributed by atoms with van der Waals surface area (Å²) in [5.41, 5.74) is 2.64. The van der Waals surface area contributed by atoms with Crippen LogP contribution in [0.2, 0.25) is 0 Å². The Bertz CT molecular complexity index is 538. The number of hydrogen-bond donors (Lipinski definition) is 2.